The largest absolute Gasteiger partial charge is 0.381 e. The maximum absolute atomic E-state index is 13.9. The van der Waals surface area contributed by atoms with Crippen LogP contribution >= 0.6 is 0 Å². The fourth-order valence-corrected chi connectivity index (χ4v) is 1.87. The number of nitrogens with two attached hydrogens (primary N) is 1. The lowest BCUT2D eigenvalue weighted by molar-refractivity contribution is -0.384. The summed E-state index contributed by atoms with van der Waals surface area (Å²) in [6, 6.07) is 3.61. The first-order chi connectivity index (χ1) is 8.93. The Kier molecular flexibility index (Phi) is 3.16. The second kappa shape index (κ2) is 4.63. The molecule has 0 spiro atoms. The van der Waals surface area contributed by atoms with Gasteiger partial charge in [0.25, 0.3) is 5.69 Å². The minimum Gasteiger partial charge on any atom is -0.381 e. The molecule has 2 rings (SSSR count). The number of nitro benzene ring substituents is 1. The molecule has 2 N–H and O–H groups in total. The van der Waals surface area contributed by atoms with Crippen LogP contribution in [-0.2, 0) is 0 Å². The van der Waals surface area contributed by atoms with Crippen molar-refractivity contribution >= 4 is 11.5 Å². The summed E-state index contributed by atoms with van der Waals surface area (Å²) < 4.78 is 15.0. The van der Waals surface area contributed by atoms with Crippen LogP contribution in [0.3, 0.4) is 0 Å². The first-order valence-electron chi connectivity index (χ1n) is 5.57. The number of anilines is 1. The van der Waals surface area contributed by atoms with E-state index in [9.17, 15) is 14.5 Å². The number of rotatable bonds is 3. The van der Waals surface area contributed by atoms with E-state index < -0.39 is 10.7 Å². The Morgan fingerprint density at radius 3 is 2.74 bits per heavy atom. The van der Waals surface area contributed by atoms with E-state index in [2.05, 4.69) is 10.3 Å². The average Bonchev–Trinajstić information content (AvgIpc) is 2.70. The molecule has 0 amide bonds. The van der Waals surface area contributed by atoms with E-state index in [1.165, 1.54) is 12.1 Å². The molecule has 0 radical (unpaired) electrons. The fourth-order valence-electron chi connectivity index (χ4n) is 1.87. The number of benzene rings is 1. The molecule has 0 bridgehead atoms. The Hall–Kier alpha value is -2.51. The van der Waals surface area contributed by atoms with E-state index in [-0.39, 0.29) is 23.1 Å². The maximum Gasteiger partial charge on any atom is 0.297 e. The number of nitro groups is 1. The highest BCUT2D eigenvalue weighted by Crippen LogP contribution is 2.30. The van der Waals surface area contributed by atoms with Gasteiger partial charge in [-0.25, -0.2) is 9.07 Å². The van der Waals surface area contributed by atoms with E-state index in [0.29, 0.717) is 5.69 Å². The van der Waals surface area contributed by atoms with Gasteiger partial charge in [0.05, 0.1) is 10.6 Å². The van der Waals surface area contributed by atoms with Crippen LogP contribution < -0.4 is 5.73 Å². The summed E-state index contributed by atoms with van der Waals surface area (Å²) in [5.41, 5.74) is 5.48. The zero-order valence-electron chi connectivity index (χ0n) is 10.4. The maximum atomic E-state index is 13.9. The van der Waals surface area contributed by atoms with Crippen molar-refractivity contribution in [3.63, 3.8) is 0 Å². The normalized spacial score (nSPS) is 10.9. The van der Waals surface area contributed by atoms with Crippen molar-refractivity contribution in [2.45, 2.75) is 19.8 Å². The van der Waals surface area contributed by atoms with Gasteiger partial charge in [0.2, 0.25) is 0 Å². The van der Waals surface area contributed by atoms with Crippen LogP contribution in [0.2, 0.25) is 0 Å². The number of halogens is 1. The molecule has 0 aliphatic rings. The molecule has 0 atom stereocenters. The average molecular weight is 265 g/mol. The first-order valence-corrected chi connectivity index (χ1v) is 5.57. The summed E-state index contributed by atoms with van der Waals surface area (Å²) in [6.45, 7) is 3.64. The quantitative estimate of drug-likeness (QED) is 0.676. The van der Waals surface area contributed by atoms with Crippen LogP contribution in [0.25, 0.3) is 5.69 Å². The van der Waals surface area contributed by atoms with E-state index in [0.717, 1.165) is 10.7 Å². The van der Waals surface area contributed by atoms with Crippen LogP contribution in [0.15, 0.2) is 18.2 Å². The summed E-state index contributed by atoms with van der Waals surface area (Å²) in [6.07, 6.45) is 0. The van der Waals surface area contributed by atoms with Crippen LogP contribution in [0.1, 0.15) is 25.5 Å². The Morgan fingerprint density at radius 2 is 2.16 bits per heavy atom. The molecule has 100 valence electrons. The Bertz CT molecular complexity index is 638. The highest BCUT2D eigenvalue weighted by Gasteiger charge is 2.25. The van der Waals surface area contributed by atoms with Crippen LogP contribution in [0.4, 0.5) is 15.9 Å². The van der Waals surface area contributed by atoms with Gasteiger partial charge in [-0.1, -0.05) is 25.1 Å². The van der Waals surface area contributed by atoms with Crippen LogP contribution in [-0.4, -0.2) is 19.9 Å². The molecule has 1 aromatic carbocycles. The molecule has 0 saturated carbocycles. The van der Waals surface area contributed by atoms with Gasteiger partial charge in [-0.15, -0.1) is 5.10 Å². The predicted molar refractivity (Wildman–Crippen MR) is 66.5 cm³/mol. The molecule has 7 nitrogen and oxygen atoms in total. The lowest BCUT2D eigenvalue weighted by Crippen LogP contribution is -2.10. The van der Waals surface area contributed by atoms with Crippen LogP contribution in [0.5, 0.6) is 0 Å². The Balaban J connectivity index is 2.76. The highest BCUT2D eigenvalue weighted by molar-refractivity contribution is 5.55. The summed E-state index contributed by atoms with van der Waals surface area (Å²) in [5.74, 6) is -0.720. The molecule has 2 aromatic rings. The standard InChI is InChI=1S/C11H12FN5O2/c1-6(2)9-11(13)14-15-16(9)10-7(12)4-3-5-8(10)17(18)19/h3-6H,13H2,1-2H3. The lowest BCUT2D eigenvalue weighted by atomic mass is 10.1. The summed E-state index contributed by atoms with van der Waals surface area (Å²) >= 11 is 0. The van der Waals surface area contributed by atoms with E-state index in [1.807, 2.05) is 13.8 Å². The Morgan fingerprint density at radius 1 is 1.47 bits per heavy atom. The van der Waals surface area contributed by atoms with Gasteiger partial charge in [-0.3, -0.25) is 10.1 Å². The minimum absolute atomic E-state index is 0.103. The lowest BCUT2D eigenvalue weighted by Gasteiger charge is -2.10. The van der Waals surface area contributed by atoms with Crippen molar-refractivity contribution in [1.29, 1.82) is 0 Å². The molecule has 0 aliphatic carbocycles. The molecule has 0 aliphatic heterocycles. The SMILES string of the molecule is CC(C)c1c(N)nnn1-c1c(F)cccc1[N+](=O)[O-]. The zero-order chi connectivity index (χ0) is 14.2. The first kappa shape index (κ1) is 12.9. The second-order valence-corrected chi connectivity index (χ2v) is 4.29. The molecule has 0 fully saturated rings. The number of aromatic nitrogens is 3. The van der Waals surface area contributed by atoms with E-state index in [1.54, 1.807) is 0 Å². The fraction of sp³-hybridized carbons (Fsp3) is 0.273. The topological polar surface area (TPSA) is 99.9 Å². The molecule has 8 heteroatoms. The third kappa shape index (κ3) is 2.12. The third-order valence-corrected chi connectivity index (χ3v) is 2.65. The van der Waals surface area contributed by atoms with Crippen molar-refractivity contribution in [2.75, 3.05) is 5.73 Å². The predicted octanol–water partition coefficient (Wildman–Crippen LogP) is 2.02. The number of nitrogens with zero attached hydrogens (tertiary/aromatic N) is 4. The van der Waals surface area contributed by atoms with E-state index in [4.69, 9.17) is 5.73 Å². The van der Waals surface area contributed by atoms with Gasteiger partial charge in [-0.2, -0.15) is 0 Å². The molecular formula is C11H12FN5O2. The van der Waals surface area contributed by atoms with Gasteiger partial charge in [-0.05, 0) is 12.0 Å². The molecular weight excluding hydrogens is 253 g/mol. The van der Waals surface area contributed by atoms with Crippen molar-refractivity contribution < 1.29 is 9.31 Å². The molecule has 0 saturated heterocycles. The van der Waals surface area contributed by atoms with Gasteiger partial charge in [0, 0.05) is 6.07 Å². The zero-order valence-corrected chi connectivity index (χ0v) is 10.4. The molecule has 0 unspecified atom stereocenters. The van der Waals surface area contributed by atoms with E-state index >= 15 is 0 Å². The second-order valence-electron chi connectivity index (χ2n) is 4.29. The van der Waals surface area contributed by atoms with Gasteiger partial charge in [0.1, 0.15) is 0 Å². The molecule has 1 heterocycles. The minimum atomic E-state index is -0.749. The van der Waals surface area contributed by atoms with Gasteiger partial charge >= 0.3 is 0 Å². The number of hydrogen-bond donors (Lipinski definition) is 1. The summed E-state index contributed by atoms with van der Waals surface area (Å²) in [7, 11) is 0. The number of hydrogen-bond acceptors (Lipinski definition) is 5. The number of para-hydroxylation sites is 1. The Labute approximate surface area is 108 Å². The molecule has 1 aromatic heterocycles. The highest BCUT2D eigenvalue weighted by atomic mass is 19.1. The van der Waals surface area contributed by atoms with Gasteiger partial charge < -0.3 is 5.73 Å². The number of nitrogen functional groups attached to an aromatic ring is 1. The smallest absolute Gasteiger partial charge is 0.297 e. The van der Waals surface area contributed by atoms with Crippen molar-refractivity contribution in [3.05, 3.63) is 39.8 Å². The monoisotopic (exact) mass is 265 g/mol. The summed E-state index contributed by atoms with van der Waals surface area (Å²) in [5, 5.41) is 18.3. The van der Waals surface area contributed by atoms with Gasteiger partial charge in [0.15, 0.2) is 17.3 Å². The van der Waals surface area contributed by atoms with Crippen LogP contribution in [0, 0.1) is 15.9 Å². The summed E-state index contributed by atoms with van der Waals surface area (Å²) in [4.78, 5) is 10.3. The van der Waals surface area contributed by atoms with Crippen molar-refractivity contribution in [2.24, 2.45) is 0 Å². The third-order valence-electron chi connectivity index (χ3n) is 2.65. The van der Waals surface area contributed by atoms with Crippen molar-refractivity contribution in [3.8, 4) is 5.69 Å². The molecule has 19 heavy (non-hydrogen) atoms. The van der Waals surface area contributed by atoms with Crippen molar-refractivity contribution in [1.82, 2.24) is 15.0 Å².